The van der Waals surface area contributed by atoms with Gasteiger partial charge in [0.05, 0.1) is 6.26 Å². The Balaban J connectivity index is 2.58. The summed E-state index contributed by atoms with van der Waals surface area (Å²) in [4.78, 5) is 0. The van der Waals surface area contributed by atoms with Gasteiger partial charge in [-0.3, -0.25) is 0 Å². The molecule has 0 aliphatic rings. The molecule has 2 aromatic rings. The smallest absolute Gasteiger partial charge is 0.134 e. The SMILES string of the molecule is CC(N)Cc1c(Cl)ccc2occc12. The molecule has 14 heavy (non-hydrogen) atoms. The van der Waals surface area contributed by atoms with Gasteiger partial charge in [-0.2, -0.15) is 0 Å². The van der Waals surface area contributed by atoms with Crippen LogP contribution in [-0.4, -0.2) is 6.04 Å². The molecule has 3 heteroatoms. The molecule has 0 aliphatic carbocycles. The van der Waals surface area contributed by atoms with E-state index < -0.39 is 0 Å². The fourth-order valence-corrected chi connectivity index (χ4v) is 1.85. The van der Waals surface area contributed by atoms with Crippen LogP contribution in [0, 0.1) is 0 Å². The normalized spacial score (nSPS) is 13.4. The summed E-state index contributed by atoms with van der Waals surface area (Å²) in [5.74, 6) is 0. The van der Waals surface area contributed by atoms with Crippen molar-refractivity contribution in [3.05, 3.63) is 35.0 Å². The maximum atomic E-state index is 6.11. The molecule has 2 N–H and O–H groups in total. The first-order valence-electron chi connectivity index (χ1n) is 4.58. The van der Waals surface area contributed by atoms with Gasteiger partial charge in [0, 0.05) is 16.5 Å². The highest BCUT2D eigenvalue weighted by molar-refractivity contribution is 6.32. The minimum Gasteiger partial charge on any atom is -0.464 e. The first kappa shape index (κ1) is 9.56. The lowest BCUT2D eigenvalue weighted by atomic mass is 10.0. The lowest BCUT2D eigenvalue weighted by molar-refractivity contribution is 0.615. The average molecular weight is 210 g/mol. The minimum atomic E-state index is 0.105. The van der Waals surface area contributed by atoms with Crippen LogP contribution in [0.25, 0.3) is 11.0 Å². The Kier molecular flexibility index (Phi) is 2.48. The van der Waals surface area contributed by atoms with E-state index >= 15 is 0 Å². The molecule has 2 nitrogen and oxygen atoms in total. The molecule has 1 unspecified atom stereocenters. The maximum absolute atomic E-state index is 6.11. The van der Waals surface area contributed by atoms with Gasteiger partial charge in [-0.15, -0.1) is 0 Å². The topological polar surface area (TPSA) is 39.2 Å². The molecular weight excluding hydrogens is 198 g/mol. The number of nitrogens with two attached hydrogens (primary N) is 1. The first-order valence-corrected chi connectivity index (χ1v) is 4.96. The zero-order valence-electron chi connectivity index (χ0n) is 7.96. The summed E-state index contributed by atoms with van der Waals surface area (Å²) < 4.78 is 5.30. The third-order valence-electron chi connectivity index (χ3n) is 2.22. The van der Waals surface area contributed by atoms with Crippen molar-refractivity contribution in [1.29, 1.82) is 0 Å². The summed E-state index contributed by atoms with van der Waals surface area (Å²) in [5.41, 5.74) is 7.71. The van der Waals surface area contributed by atoms with Gasteiger partial charge < -0.3 is 10.2 Å². The van der Waals surface area contributed by atoms with Crippen LogP contribution in [0.15, 0.2) is 28.9 Å². The summed E-state index contributed by atoms with van der Waals surface area (Å²) in [7, 11) is 0. The van der Waals surface area contributed by atoms with Crippen LogP contribution in [0.5, 0.6) is 0 Å². The van der Waals surface area contributed by atoms with E-state index in [-0.39, 0.29) is 6.04 Å². The molecule has 0 bridgehead atoms. The Morgan fingerprint density at radius 2 is 2.21 bits per heavy atom. The molecule has 74 valence electrons. The van der Waals surface area contributed by atoms with Crippen LogP contribution in [0.3, 0.4) is 0 Å². The second-order valence-electron chi connectivity index (χ2n) is 3.54. The quantitative estimate of drug-likeness (QED) is 0.826. The van der Waals surface area contributed by atoms with Crippen molar-refractivity contribution >= 4 is 22.6 Å². The number of benzene rings is 1. The molecule has 1 heterocycles. The lowest BCUT2D eigenvalue weighted by Gasteiger charge is -2.08. The number of furan rings is 1. The fourth-order valence-electron chi connectivity index (χ4n) is 1.61. The standard InChI is InChI=1S/C11H12ClNO/c1-7(13)6-9-8-4-5-14-11(8)3-2-10(9)12/h2-5,7H,6,13H2,1H3. The molecule has 0 spiro atoms. The molecule has 0 saturated carbocycles. The predicted molar refractivity (Wildman–Crippen MR) is 58.6 cm³/mol. The second-order valence-corrected chi connectivity index (χ2v) is 3.95. The van der Waals surface area contributed by atoms with E-state index in [9.17, 15) is 0 Å². The highest BCUT2D eigenvalue weighted by atomic mass is 35.5. The van der Waals surface area contributed by atoms with Gasteiger partial charge in [-0.25, -0.2) is 0 Å². The Morgan fingerprint density at radius 1 is 1.43 bits per heavy atom. The summed E-state index contributed by atoms with van der Waals surface area (Å²) in [6.45, 7) is 1.97. The first-order chi connectivity index (χ1) is 6.68. The van der Waals surface area contributed by atoms with Crippen molar-refractivity contribution in [3.8, 4) is 0 Å². The molecule has 2 rings (SSSR count). The van der Waals surface area contributed by atoms with E-state index in [0.717, 1.165) is 28.0 Å². The Hall–Kier alpha value is -0.990. The third kappa shape index (κ3) is 1.63. The van der Waals surface area contributed by atoms with Gasteiger partial charge in [-0.05, 0) is 37.1 Å². The van der Waals surface area contributed by atoms with Crippen molar-refractivity contribution in [2.45, 2.75) is 19.4 Å². The van der Waals surface area contributed by atoms with Crippen molar-refractivity contribution in [2.24, 2.45) is 5.73 Å². The maximum Gasteiger partial charge on any atom is 0.134 e. The minimum absolute atomic E-state index is 0.105. The average Bonchev–Trinajstić information content (AvgIpc) is 2.57. The van der Waals surface area contributed by atoms with Crippen LogP contribution < -0.4 is 5.73 Å². The van der Waals surface area contributed by atoms with Gasteiger partial charge in [0.15, 0.2) is 0 Å². The van der Waals surface area contributed by atoms with Gasteiger partial charge in [-0.1, -0.05) is 11.6 Å². The van der Waals surface area contributed by atoms with Crippen molar-refractivity contribution in [2.75, 3.05) is 0 Å². The number of hydrogen-bond acceptors (Lipinski definition) is 2. The lowest BCUT2D eigenvalue weighted by Crippen LogP contribution is -2.18. The zero-order chi connectivity index (χ0) is 10.1. The molecule has 0 aliphatic heterocycles. The molecule has 1 aromatic carbocycles. The fraction of sp³-hybridized carbons (Fsp3) is 0.273. The Labute approximate surface area is 87.6 Å². The van der Waals surface area contributed by atoms with Gasteiger partial charge in [0.25, 0.3) is 0 Å². The van der Waals surface area contributed by atoms with Gasteiger partial charge in [0.2, 0.25) is 0 Å². The summed E-state index contributed by atoms with van der Waals surface area (Å²) in [6.07, 6.45) is 2.45. The largest absolute Gasteiger partial charge is 0.464 e. The number of rotatable bonds is 2. The van der Waals surface area contributed by atoms with Crippen LogP contribution in [0.1, 0.15) is 12.5 Å². The summed E-state index contributed by atoms with van der Waals surface area (Å²) >= 11 is 6.11. The zero-order valence-corrected chi connectivity index (χ0v) is 8.71. The molecule has 1 atom stereocenters. The Bertz CT molecular complexity index is 447. The van der Waals surface area contributed by atoms with Crippen LogP contribution in [0.2, 0.25) is 5.02 Å². The predicted octanol–water partition coefficient (Wildman–Crippen LogP) is 2.98. The molecule has 0 saturated heterocycles. The second kappa shape index (κ2) is 3.64. The van der Waals surface area contributed by atoms with Crippen LogP contribution >= 0.6 is 11.6 Å². The van der Waals surface area contributed by atoms with Crippen LogP contribution in [-0.2, 0) is 6.42 Å². The van der Waals surface area contributed by atoms with Crippen LogP contribution in [0.4, 0.5) is 0 Å². The number of fused-ring (bicyclic) bond motifs is 1. The molecule has 0 radical (unpaired) electrons. The molecular formula is C11H12ClNO. The molecule has 1 aromatic heterocycles. The number of halogens is 1. The van der Waals surface area contributed by atoms with E-state index in [2.05, 4.69) is 0 Å². The van der Waals surface area contributed by atoms with Gasteiger partial charge in [0.1, 0.15) is 5.58 Å². The van der Waals surface area contributed by atoms with Gasteiger partial charge >= 0.3 is 0 Å². The molecule has 0 fully saturated rings. The highest BCUT2D eigenvalue weighted by Crippen LogP contribution is 2.27. The monoisotopic (exact) mass is 209 g/mol. The third-order valence-corrected chi connectivity index (χ3v) is 2.57. The van der Waals surface area contributed by atoms with Crippen molar-refractivity contribution in [1.82, 2.24) is 0 Å². The van der Waals surface area contributed by atoms with Crippen molar-refractivity contribution < 1.29 is 4.42 Å². The van der Waals surface area contributed by atoms with E-state index in [4.69, 9.17) is 21.8 Å². The Morgan fingerprint density at radius 3 is 2.93 bits per heavy atom. The summed E-state index contributed by atoms with van der Waals surface area (Å²) in [6, 6.07) is 5.76. The highest BCUT2D eigenvalue weighted by Gasteiger charge is 2.09. The van der Waals surface area contributed by atoms with Crippen molar-refractivity contribution in [3.63, 3.8) is 0 Å². The van der Waals surface area contributed by atoms with E-state index in [1.165, 1.54) is 0 Å². The van der Waals surface area contributed by atoms with E-state index in [1.54, 1.807) is 6.26 Å². The number of hydrogen-bond donors (Lipinski definition) is 1. The van der Waals surface area contributed by atoms with E-state index in [0.29, 0.717) is 0 Å². The summed E-state index contributed by atoms with van der Waals surface area (Å²) in [5, 5.41) is 1.83. The van der Waals surface area contributed by atoms with E-state index in [1.807, 2.05) is 25.1 Å². The molecule has 0 amide bonds.